The Balaban J connectivity index is 1.58. The van der Waals surface area contributed by atoms with Gasteiger partial charge in [0.2, 0.25) is 5.91 Å². The molecule has 4 rings (SSSR count). The van der Waals surface area contributed by atoms with Crippen molar-refractivity contribution in [1.82, 2.24) is 15.4 Å². The van der Waals surface area contributed by atoms with Crippen LogP contribution in [-0.4, -0.2) is 40.5 Å². The molecule has 2 aromatic rings. The van der Waals surface area contributed by atoms with E-state index in [0.717, 1.165) is 17.7 Å². The first-order valence-corrected chi connectivity index (χ1v) is 11.0. The molecule has 0 aromatic carbocycles. The van der Waals surface area contributed by atoms with Gasteiger partial charge in [-0.1, -0.05) is 37.9 Å². The molecule has 1 saturated heterocycles. The molecule has 3 heterocycles. The summed E-state index contributed by atoms with van der Waals surface area (Å²) < 4.78 is 5.40. The summed E-state index contributed by atoms with van der Waals surface area (Å²) >= 11 is 1.54. The predicted molar refractivity (Wildman–Crippen MR) is 108 cm³/mol. The highest BCUT2D eigenvalue weighted by molar-refractivity contribution is 7.13. The molecule has 28 heavy (non-hydrogen) atoms. The van der Waals surface area contributed by atoms with Gasteiger partial charge in [0.25, 0.3) is 5.91 Å². The molecule has 7 heteroatoms. The number of carbonyl (C=O) groups excluding carboxylic acids is 2. The van der Waals surface area contributed by atoms with Crippen molar-refractivity contribution in [3.63, 3.8) is 0 Å². The molecule has 1 N–H and O–H groups in total. The van der Waals surface area contributed by atoms with Crippen molar-refractivity contribution < 1.29 is 14.1 Å². The highest BCUT2D eigenvalue weighted by Crippen LogP contribution is 2.32. The number of amides is 2. The van der Waals surface area contributed by atoms with Gasteiger partial charge in [0, 0.05) is 18.7 Å². The molecule has 2 atom stereocenters. The smallest absolute Gasteiger partial charge is 0.276 e. The van der Waals surface area contributed by atoms with E-state index in [-0.39, 0.29) is 23.6 Å². The van der Waals surface area contributed by atoms with Gasteiger partial charge in [-0.2, -0.15) is 0 Å². The standard InChI is InChI=1S/C21H27N3O3S/c1-13(2)10-17-20(25)22-16(14-6-3-4-7-14)12-24(17)21(26)15-11-18(27-23-15)19-8-5-9-28-19/h5,8-9,11,13-14,16-17H,3-4,6-7,10,12H2,1-2H3,(H,22,25). The first kappa shape index (κ1) is 19.2. The fraction of sp³-hybridized carbons (Fsp3) is 0.571. The van der Waals surface area contributed by atoms with Gasteiger partial charge in [0.05, 0.1) is 4.88 Å². The molecule has 1 aliphatic carbocycles. The van der Waals surface area contributed by atoms with Crippen LogP contribution in [0.15, 0.2) is 28.1 Å². The number of aromatic nitrogens is 1. The molecular weight excluding hydrogens is 374 g/mol. The maximum Gasteiger partial charge on any atom is 0.276 e. The van der Waals surface area contributed by atoms with Crippen molar-refractivity contribution in [1.29, 1.82) is 0 Å². The minimum Gasteiger partial charge on any atom is -0.355 e. The number of hydrogen-bond acceptors (Lipinski definition) is 5. The van der Waals surface area contributed by atoms with E-state index in [1.165, 1.54) is 12.8 Å². The molecule has 2 amide bonds. The lowest BCUT2D eigenvalue weighted by Crippen LogP contribution is -2.63. The lowest BCUT2D eigenvalue weighted by Gasteiger charge is -2.41. The van der Waals surface area contributed by atoms with Gasteiger partial charge in [0.15, 0.2) is 11.5 Å². The van der Waals surface area contributed by atoms with Gasteiger partial charge < -0.3 is 14.7 Å². The van der Waals surface area contributed by atoms with Crippen LogP contribution in [0.1, 0.15) is 56.4 Å². The minimum atomic E-state index is -0.452. The molecule has 150 valence electrons. The zero-order valence-electron chi connectivity index (χ0n) is 16.4. The summed E-state index contributed by atoms with van der Waals surface area (Å²) in [6.07, 6.45) is 5.29. The first-order chi connectivity index (χ1) is 13.5. The summed E-state index contributed by atoms with van der Waals surface area (Å²) in [4.78, 5) is 28.9. The van der Waals surface area contributed by atoms with E-state index in [9.17, 15) is 9.59 Å². The number of nitrogens with zero attached hydrogens (tertiary/aromatic N) is 2. The van der Waals surface area contributed by atoms with E-state index < -0.39 is 6.04 Å². The van der Waals surface area contributed by atoms with Crippen molar-refractivity contribution in [2.45, 2.75) is 58.0 Å². The average Bonchev–Trinajstić information content (AvgIpc) is 3.42. The summed E-state index contributed by atoms with van der Waals surface area (Å²) in [5, 5.41) is 9.18. The Kier molecular flexibility index (Phi) is 5.53. The van der Waals surface area contributed by atoms with Crippen LogP contribution < -0.4 is 5.32 Å². The maximum atomic E-state index is 13.3. The van der Waals surface area contributed by atoms with E-state index in [1.54, 1.807) is 22.3 Å². The summed E-state index contributed by atoms with van der Waals surface area (Å²) in [6.45, 7) is 4.70. The third-order valence-corrected chi connectivity index (χ3v) is 6.70. The molecule has 1 saturated carbocycles. The third kappa shape index (κ3) is 3.85. The molecular formula is C21H27N3O3S. The molecule has 6 nitrogen and oxygen atoms in total. The molecule has 0 bridgehead atoms. The summed E-state index contributed by atoms with van der Waals surface area (Å²) in [7, 11) is 0. The van der Waals surface area contributed by atoms with Gasteiger partial charge in [0.1, 0.15) is 6.04 Å². The van der Waals surface area contributed by atoms with Crippen LogP contribution in [0.4, 0.5) is 0 Å². The average molecular weight is 402 g/mol. The van der Waals surface area contributed by atoms with E-state index in [0.29, 0.717) is 30.6 Å². The summed E-state index contributed by atoms with van der Waals surface area (Å²) in [6, 6.07) is 5.14. The monoisotopic (exact) mass is 401 g/mol. The Labute approximate surface area is 169 Å². The van der Waals surface area contributed by atoms with Gasteiger partial charge in [-0.3, -0.25) is 9.59 Å². The lowest BCUT2D eigenvalue weighted by atomic mass is 9.91. The van der Waals surface area contributed by atoms with Crippen LogP contribution in [-0.2, 0) is 4.79 Å². The van der Waals surface area contributed by atoms with Crippen molar-refractivity contribution in [3.05, 3.63) is 29.3 Å². The molecule has 2 fully saturated rings. The molecule has 2 aromatic heterocycles. The lowest BCUT2D eigenvalue weighted by molar-refractivity contribution is -0.130. The second kappa shape index (κ2) is 8.07. The van der Waals surface area contributed by atoms with E-state index in [4.69, 9.17) is 4.52 Å². The van der Waals surface area contributed by atoms with Gasteiger partial charge in [-0.15, -0.1) is 11.3 Å². The van der Waals surface area contributed by atoms with E-state index in [2.05, 4.69) is 24.3 Å². The Morgan fingerprint density at radius 2 is 2.18 bits per heavy atom. The SMILES string of the molecule is CC(C)CC1C(=O)NC(C2CCCC2)CN1C(=O)c1cc(-c2cccs2)on1. The summed E-state index contributed by atoms with van der Waals surface area (Å²) in [5.41, 5.74) is 0.275. The van der Waals surface area contributed by atoms with E-state index >= 15 is 0 Å². The number of piperazine rings is 1. The van der Waals surface area contributed by atoms with Crippen LogP contribution >= 0.6 is 11.3 Å². The number of nitrogens with one attached hydrogen (secondary N) is 1. The highest BCUT2D eigenvalue weighted by Gasteiger charge is 2.41. The normalized spacial score (nSPS) is 23.4. The second-order valence-electron chi connectivity index (χ2n) is 8.32. The predicted octanol–water partition coefficient (Wildman–Crippen LogP) is 3.95. The summed E-state index contributed by atoms with van der Waals surface area (Å²) in [5.74, 6) is 1.11. The Morgan fingerprint density at radius 3 is 2.86 bits per heavy atom. The largest absolute Gasteiger partial charge is 0.355 e. The Hall–Kier alpha value is -2.15. The fourth-order valence-electron chi connectivity index (χ4n) is 4.40. The van der Waals surface area contributed by atoms with Gasteiger partial charge >= 0.3 is 0 Å². The number of hydrogen-bond donors (Lipinski definition) is 1. The second-order valence-corrected chi connectivity index (χ2v) is 9.26. The van der Waals surface area contributed by atoms with Crippen LogP contribution in [0, 0.1) is 11.8 Å². The molecule has 2 aliphatic rings. The molecule has 0 spiro atoms. The quantitative estimate of drug-likeness (QED) is 0.823. The van der Waals surface area contributed by atoms with Crippen LogP contribution in [0.2, 0.25) is 0 Å². The van der Waals surface area contributed by atoms with Crippen molar-refractivity contribution in [2.75, 3.05) is 6.54 Å². The van der Waals surface area contributed by atoms with Gasteiger partial charge in [-0.25, -0.2) is 0 Å². The molecule has 1 aliphatic heterocycles. The zero-order chi connectivity index (χ0) is 19.7. The minimum absolute atomic E-state index is 0.0334. The van der Waals surface area contributed by atoms with Crippen LogP contribution in [0.25, 0.3) is 10.6 Å². The number of rotatable bonds is 5. The third-order valence-electron chi connectivity index (χ3n) is 5.82. The van der Waals surface area contributed by atoms with Gasteiger partial charge in [-0.05, 0) is 42.5 Å². The highest BCUT2D eigenvalue weighted by atomic mass is 32.1. The number of thiophene rings is 1. The molecule has 0 radical (unpaired) electrons. The number of carbonyl (C=O) groups is 2. The maximum absolute atomic E-state index is 13.3. The Bertz CT molecular complexity index is 824. The van der Waals surface area contributed by atoms with Crippen molar-refractivity contribution >= 4 is 23.2 Å². The Morgan fingerprint density at radius 1 is 1.39 bits per heavy atom. The first-order valence-electron chi connectivity index (χ1n) is 10.1. The van der Waals surface area contributed by atoms with Crippen LogP contribution in [0.5, 0.6) is 0 Å². The topological polar surface area (TPSA) is 75.4 Å². The zero-order valence-corrected chi connectivity index (χ0v) is 17.2. The van der Waals surface area contributed by atoms with Crippen LogP contribution in [0.3, 0.4) is 0 Å². The fourth-order valence-corrected chi connectivity index (χ4v) is 5.07. The van der Waals surface area contributed by atoms with Crippen molar-refractivity contribution in [2.24, 2.45) is 11.8 Å². The van der Waals surface area contributed by atoms with Crippen molar-refractivity contribution in [3.8, 4) is 10.6 Å². The molecule has 2 unspecified atom stereocenters. The van der Waals surface area contributed by atoms with E-state index in [1.807, 2.05) is 17.5 Å².